The molecule has 2 aromatic rings. The molecule has 0 spiro atoms. The molecule has 2 unspecified atom stereocenters. The summed E-state index contributed by atoms with van der Waals surface area (Å²) in [5.74, 6) is 1.10. The van der Waals surface area contributed by atoms with Gasteiger partial charge in [-0.2, -0.15) is 0 Å². The Kier molecular flexibility index (Phi) is 9.70. The largest absolute Gasteiger partial charge is 0.349 e. The van der Waals surface area contributed by atoms with Crippen LogP contribution in [-0.2, 0) is 24.3 Å². The lowest BCUT2D eigenvalue weighted by Crippen LogP contribution is -2.31. The van der Waals surface area contributed by atoms with Crippen molar-refractivity contribution in [2.24, 2.45) is 11.7 Å². The van der Waals surface area contributed by atoms with Crippen molar-refractivity contribution in [2.45, 2.75) is 51.2 Å². The number of nitrogens with one attached hydrogen (secondary N) is 1. The zero-order valence-corrected chi connectivity index (χ0v) is 16.5. The summed E-state index contributed by atoms with van der Waals surface area (Å²) in [4.78, 5) is 16.6. The van der Waals surface area contributed by atoms with Gasteiger partial charge in [-0.3, -0.25) is 4.79 Å². The Hall–Kier alpha value is -1.56. The Morgan fingerprint density at radius 2 is 2.00 bits per heavy atom. The minimum atomic E-state index is 0. The highest BCUT2D eigenvalue weighted by Crippen LogP contribution is 2.24. The number of halogens is 2. The molecule has 1 aliphatic carbocycles. The molecule has 1 aliphatic rings. The van der Waals surface area contributed by atoms with Gasteiger partial charge in [-0.15, -0.1) is 24.8 Å². The zero-order valence-electron chi connectivity index (χ0n) is 14.8. The molecule has 7 heteroatoms. The molecule has 1 saturated carbocycles. The number of benzene rings is 1. The number of hydrogen-bond donors (Lipinski definition) is 2. The van der Waals surface area contributed by atoms with Gasteiger partial charge in [0.1, 0.15) is 5.82 Å². The fraction of sp³-hybridized carbons (Fsp3) is 0.474. The molecule has 1 aromatic heterocycles. The normalized spacial score (nSPS) is 18.7. The molecule has 1 amide bonds. The van der Waals surface area contributed by atoms with E-state index in [1.54, 1.807) is 6.20 Å². The minimum Gasteiger partial charge on any atom is -0.349 e. The third-order valence-electron chi connectivity index (χ3n) is 4.77. The van der Waals surface area contributed by atoms with E-state index < -0.39 is 0 Å². The number of amides is 1. The number of nitrogens with two attached hydrogens (primary N) is 1. The van der Waals surface area contributed by atoms with E-state index in [2.05, 4.69) is 39.1 Å². The fourth-order valence-corrected chi connectivity index (χ4v) is 3.37. The third-order valence-corrected chi connectivity index (χ3v) is 4.77. The highest BCUT2D eigenvalue weighted by Gasteiger charge is 2.27. The standard InChI is InChI=1S/C19H26N4O.2ClH/c20-17-9-8-16(13-17)19(24)22-14-18-21-10-12-23(18)11-4-7-15-5-2-1-3-6-15;;/h1-3,5-6,10,12,16-17H,4,7-9,11,13-14,20H2,(H,22,24);2*1H. The van der Waals surface area contributed by atoms with E-state index >= 15 is 0 Å². The van der Waals surface area contributed by atoms with Crippen molar-refractivity contribution in [2.75, 3.05) is 0 Å². The number of aryl methyl sites for hydroxylation is 2. The molecule has 1 fully saturated rings. The summed E-state index contributed by atoms with van der Waals surface area (Å²) in [6, 6.07) is 10.7. The average molecular weight is 399 g/mol. The van der Waals surface area contributed by atoms with Gasteiger partial charge in [0.15, 0.2) is 0 Å². The van der Waals surface area contributed by atoms with Gasteiger partial charge >= 0.3 is 0 Å². The van der Waals surface area contributed by atoms with Gasteiger partial charge in [-0.1, -0.05) is 30.3 Å². The lowest BCUT2D eigenvalue weighted by atomic mass is 10.1. The lowest BCUT2D eigenvalue weighted by Gasteiger charge is -2.12. The topological polar surface area (TPSA) is 72.9 Å². The van der Waals surface area contributed by atoms with E-state index in [-0.39, 0.29) is 42.7 Å². The first-order valence-electron chi connectivity index (χ1n) is 8.79. The van der Waals surface area contributed by atoms with E-state index in [4.69, 9.17) is 5.73 Å². The molecule has 1 aromatic carbocycles. The van der Waals surface area contributed by atoms with Gasteiger partial charge < -0.3 is 15.6 Å². The molecule has 3 rings (SSSR count). The first-order valence-corrected chi connectivity index (χ1v) is 8.79. The molecule has 3 N–H and O–H groups in total. The van der Waals surface area contributed by atoms with Crippen molar-refractivity contribution in [1.82, 2.24) is 14.9 Å². The maximum absolute atomic E-state index is 12.2. The second-order valence-electron chi connectivity index (χ2n) is 6.61. The van der Waals surface area contributed by atoms with Crippen molar-refractivity contribution in [3.8, 4) is 0 Å². The van der Waals surface area contributed by atoms with Crippen molar-refractivity contribution < 1.29 is 4.79 Å². The van der Waals surface area contributed by atoms with Gasteiger partial charge in [0.25, 0.3) is 0 Å². The summed E-state index contributed by atoms with van der Waals surface area (Å²) < 4.78 is 2.13. The number of nitrogens with zero attached hydrogens (tertiary/aromatic N) is 2. The van der Waals surface area contributed by atoms with E-state index in [0.29, 0.717) is 6.54 Å². The summed E-state index contributed by atoms with van der Waals surface area (Å²) in [6.45, 7) is 1.40. The molecular weight excluding hydrogens is 371 g/mol. The Labute approximate surface area is 167 Å². The minimum absolute atomic E-state index is 0. The number of imidazole rings is 1. The van der Waals surface area contributed by atoms with Crippen LogP contribution in [-0.4, -0.2) is 21.5 Å². The van der Waals surface area contributed by atoms with Crippen molar-refractivity contribution in [3.05, 3.63) is 54.1 Å². The smallest absolute Gasteiger partial charge is 0.223 e. The van der Waals surface area contributed by atoms with E-state index in [9.17, 15) is 4.79 Å². The van der Waals surface area contributed by atoms with Gasteiger partial charge in [0.05, 0.1) is 6.54 Å². The summed E-state index contributed by atoms with van der Waals surface area (Å²) in [7, 11) is 0. The SMILES string of the molecule is Cl.Cl.NC1CCC(C(=O)NCc2nccn2CCCc2ccccc2)C1. The fourth-order valence-electron chi connectivity index (χ4n) is 3.37. The Balaban J connectivity index is 0.00000169. The van der Waals surface area contributed by atoms with Gasteiger partial charge in [-0.25, -0.2) is 4.98 Å². The number of carbonyl (C=O) groups is 1. The van der Waals surface area contributed by atoms with Crippen molar-refractivity contribution in [3.63, 3.8) is 0 Å². The van der Waals surface area contributed by atoms with Crippen LogP contribution >= 0.6 is 24.8 Å². The summed E-state index contributed by atoms with van der Waals surface area (Å²) in [5.41, 5.74) is 7.24. The Bertz CT molecular complexity index is 663. The third kappa shape index (κ3) is 6.31. The zero-order chi connectivity index (χ0) is 16.8. The number of aromatic nitrogens is 2. The molecule has 2 atom stereocenters. The molecular formula is C19H28Cl2N4O. The van der Waals surface area contributed by atoms with Crippen molar-refractivity contribution >= 4 is 30.7 Å². The van der Waals surface area contributed by atoms with Crippen LogP contribution in [0.1, 0.15) is 37.1 Å². The molecule has 5 nitrogen and oxygen atoms in total. The maximum atomic E-state index is 12.2. The van der Waals surface area contributed by atoms with Crippen LogP contribution < -0.4 is 11.1 Å². The van der Waals surface area contributed by atoms with Gasteiger partial charge in [0, 0.05) is 30.9 Å². The van der Waals surface area contributed by atoms with Crippen LogP contribution in [0.3, 0.4) is 0 Å². The second-order valence-corrected chi connectivity index (χ2v) is 6.61. The summed E-state index contributed by atoms with van der Waals surface area (Å²) in [5, 5.41) is 3.02. The molecule has 0 saturated heterocycles. The Morgan fingerprint density at radius 3 is 2.69 bits per heavy atom. The van der Waals surface area contributed by atoms with Gasteiger partial charge in [0.2, 0.25) is 5.91 Å². The van der Waals surface area contributed by atoms with Crippen LogP contribution in [0, 0.1) is 5.92 Å². The van der Waals surface area contributed by atoms with Crippen LogP contribution in [0.4, 0.5) is 0 Å². The number of carbonyl (C=O) groups excluding carboxylic acids is 1. The molecule has 144 valence electrons. The summed E-state index contributed by atoms with van der Waals surface area (Å²) in [6.07, 6.45) is 8.54. The first-order chi connectivity index (χ1) is 11.7. The second kappa shape index (κ2) is 11.2. The molecule has 0 radical (unpaired) electrons. The molecule has 0 aliphatic heterocycles. The highest BCUT2D eigenvalue weighted by molar-refractivity contribution is 5.85. The van der Waals surface area contributed by atoms with Crippen LogP contribution in [0.15, 0.2) is 42.7 Å². The van der Waals surface area contributed by atoms with Crippen LogP contribution in [0.2, 0.25) is 0 Å². The lowest BCUT2D eigenvalue weighted by molar-refractivity contribution is -0.125. The molecule has 0 bridgehead atoms. The van der Waals surface area contributed by atoms with Crippen molar-refractivity contribution in [1.29, 1.82) is 0 Å². The highest BCUT2D eigenvalue weighted by atomic mass is 35.5. The Morgan fingerprint density at radius 1 is 1.23 bits per heavy atom. The summed E-state index contributed by atoms with van der Waals surface area (Å²) >= 11 is 0. The monoisotopic (exact) mass is 398 g/mol. The quantitative estimate of drug-likeness (QED) is 0.752. The first kappa shape index (κ1) is 22.5. The van der Waals surface area contributed by atoms with Gasteiger partial charge in [-0.05, 0) is 37.7 Å². The predicted molar refractivity (Wildman–Crippen MR) is 109 cm³/mol. The van der Waals surface area contributed by atoms with E-state index in [0.717, 1.165) is 44.5 Å². The average Bonchev–Trinajstić information content (AvgIpc) is 3.23. The molecule has 26 heavy (non-hydrogen) atoms. The number of hydrogen-bond acceptors (Lipinski definition) is 3. The van der Waals surface area contributed by atoms with E-state index in [1.165, 1.54) is 5.56 Å². The maximum Gasteiger partial charge on any atom is 0.223 e. The van der Waals surface area contributed by atoms with Crippen LogP contribution in [0.5, 0.6) is 0 Å². The molecule has 1 heterocycles. The number of rotatable bonds is 7. The van der Waals surface area contributed by atoms with Crippen LogP contribution in [0.25, 0.3) is 0 Å². The predicted octanol–water partition coefficient (Wildman–Crippen LogP) is 3.10. The van der Waals surface area contributed by atoms with E-state index in [1.807, 2.05) is 12.3 Å².